The Kier molecular flexibility index (Phi) is 8.91. The maximum atomic E-state index is 13.2. The van der Waals surface area contributed by atoms with Crippen molar-refractivity contribution in [1.82, 2.24) is 13.9 Å². The molecule has 38 heavy (non-hydrogen) atoms. The molecule has 1 aliphatic heterocycles. The van der Waals surface area contributed by atoms with Crippen LogP contribution in [0.5, 0.6) is 0 Å². The lowest BCUT2D eigenvalue weighted by molar-refractivity contribution is -0.137. The van der Waals surface area contributed by atoms with Crippen molar-refractivity contribution in [3.63, 3.8) is 0 Å². The van der Waals surface area contributed by atoms with E-state index in [0.717, 1.165) is 17.5 Å². The van der Waals surface area contributed by atoms with Gasteiger partial charge in [-0.05, 0) is 54.3 Å². The van der Waals surface area contributed by atoms with Gasteiger partial charge in [-0.2, -0.15) is 17.5 Å². The van der Waals surface area contributed by atoms with Crippen molar-refractivity contribution >= 4 is 31.8 Å². The van der Waals surface area contributed by atoms with Gasteiger partial charge in [-0.1, -0.05) is 18.7 Å². The number of amides is 2. The highest BCUT2D eigenvalue weighted by Crippen LogP contribution is 2.30. The third kappa shape index (κ3) is 7.12. The van der Waals surface area contributed by atoms with Crippen molar-refractivity contribution in [3.8, 4) is 0 Å². The second kappa shape index (κ2) is 11.4. The number of rotatable bonds is 9. The van der Waals surface area contributed by atoms with E-state index in [2.05, 4.69) is 11.3 Å². The lowest BCUT2D eigenvalue weighted by Crippen LogP contribution is -2.39. The van der Waals surface area contributed by atoms with Crippen molar-refractivity contribution in [2.24, 2.45) is 5.92 Å². The van der Waals surface area contributed by atoms with E-state index in [0.29, 0.717) is 17.7 Å². The first-order valence-corrected chi connectivity index (χ1v) is 14.5. The Morgan fingerprint density at radius 2 is 1.68 bits per heavy atom. The zero-order valence-electron chi connectivity index (χ0n) is 20.8. The van der Waals surface area contributed by atoms with Crippen LogP contribution in [-0.2, 0) is 32.8 Å². The minimum absolute atomic E-state index is 0.000328. The van der Waals surface area contributed by atoms with Gasteiger partial charge in [0.15, 0.2) is 0 Å². The number of halogens is 3. The second-order valence-corrected chi connectivity index (χ2v) is 12.7. The highest BCUT2D eigenvalue weighted by molar-refractivity contribution is 7.92. The summed E-state index contributed by atoms with van der Waals surface area (Å²) in [6, 6.07) is 9.66. The monoisotopic (exact) mass is 574 g/mol. The fourth-order valence-corrected chi connectivity index (χ4v) is 6.03. The summed E-state index contributed by atoms with van der Waals surface area (Å²) >= 11 is 0. The number of alkyl halides is 3. The van der Waals surface area contributed by atoms with E-state index >= 15 is 0 Å². The van der Waals surface area contributed by atoms with Gasteiger partial charge in [0.1, 0.15) is 0 Å². The molecule has 2 aromatic carbocycles. The van der Waals surface area contributed by atoms with Crippen LogP contribution >= 0.6 is 0 Å². The van der Waals surface area contributed by atoms with E-state index in [9.17, 15) is 34.8 Å². The minimum atomic E-state index is -4.48. The first kappa shape index (κ1) is 29.6. The summed E-state index contributed by atoms with van der Waals surface area (Å²) in [6.07, 6.45) is -4.00. The van der Waals surface area contributed by atoms with Gasteiger partial charge >= 0.3 is 12.2 Å². The quantitative estimate of drug-likeness (QED) is 0.494. The molecule has 1 fully saturated rings. The molecular formula is C24H29F3N4O5S2. The molecule has 0 spiro atoms. The summed E-state index contributed by atoms with van der Waals surface area (Å²) < 4.78 is 91.8. The lowest BCUT2D eigenvalue weighted by Gasteiger charge is -2.27. The van der Waals surface area contributed by atoms with Gasteiger partial charge in [-0.25, -0.2) is 26.4 Å². The number of anilines is 1. The van der Waals surface area contributed by atoms with Gasteiger partial charge in [-0.15, -0.1) is 0 Å². The number of nitrogens with zero attached hydrogens (tertiary/aromatic N) is 3. The largest absolute Gasteiger partial charge is 0.416 e. The molecule has 14 heteroatoms. The first-order valence-electron chi connectivity index (χ1n) is 11.5. The van der Waals surface area contributed by atoms with Crippen LogP contribution in [0.25, 0.3) is 0 Å². The SMILES string of the molecule is C=CS(=O)(=O)NCC1CCN(S(=O)(=O)c2ccc(N(Cc3ccc(C(F)(F)F)cc3)C(=O)N(C)C)cc2)C1. The Bertz CT molecular complexity index is 1360. The maximum absolute atomic E-state index is 13.2. The Hall–Kier alpha value is -2.94. The summed E-state index contributed by atoms with van der Waals surface area (Å²) in [4.78, 5) is 15.5. The fourth-order valence-electron chi connectivity index (χ4n) is 3.91. The number of sulfonamides is 2. The Labute approximate surface area is 220 Å². The average molecular weight is 575 g/mol. The van der Waals surface area contributed by atoms with Gasteiger partial charge < -0.3 is 4.90 Å². The normalized spacial score (nSPS) is 16.8. The summed E-state index contributed by atoms with van der Waals surface area (Å²) in [7, 11) is -4.43. The molecule has 1 atom stereocenters. The van der Waals surface area contributed by atoms with E-state index in [1.807, 2.05) is 0 Å². The maximum Gasteiger partial charge on any atom is 0.416 e. The molecule has 2 amide bonds. The fraction of sp³-hybridized carbons (Fsp3) is 0.375. The lowest BCUT2D eigenvalue weighted by atomic mass is 10.1. The number of carbonyl (C=O) groups excluding carboxylic acids is 1. The average Bonchev–Trinajstić information content (AvgIpc) is 3.36. The predicted molar refractivity (Wildman–Crippen MR) is 137 cm³/mol. The van der Waals surface area contributed by atoms with Gasteiger partial charge in [0, 0.05) is 44.8 Å². The summed E-state index contributed by atoms with van der Waals surface area (Å²) in [5.74, 6) is -0.198. The molecule has 9 nitrogen and oxygen atoms in total. The third-order valence-electron chi connectivity index (χ3n) is 6.06. The number of hydrogen-bond donors (Lipinski definition) is 1. The van der Waals surface area contributed by atoms with Crippen molar-refractivity contribution < 1.29 is 34.8 Å². The van der Waals surface area contributed by atoms with Crippen molar-refractivity contribution in [2.45, 2.75) is 24.0 Å². The topological polar surface area (TPSA) is 107 Å². The van der Waals surface area contributed by atoms with E-state index in [1.165, 1.54) is 64.6 Å². The standard InChI is InChI=1S/C24H29F3N4O5S2/c1-4-37(33,34)28-15-19-13-14-30(16-19)38(35,36)22-11-9-21(10-12-22)31(23(32)29(2)3)17-18-5-7-20(8-6-18)24(25,26)27/h4-12,19,28H,1,13-17H2,2-3H3. The molecule has 0 saturated carbocycles. The molecule has 2 aromatic rings. The van der Waals surface area contributed by atoms with Crippen LogP contribution in [0.2, 0.25) is 0 Å². The first-order chi connectivity index (χ1) is 17.6. The molecule has 1 heterocycles. The van der Waals surface area contributed by atoms with Crippen LogP contribution in [0.15, 0.2) is 65.4 Å². The zero-order valence-corrected chi connectivity index (χ0v) is 22.5. The molecule has 1 aliphatic rings. The predicted octanol–water partition coefficient (Wildman–Crippen LogP) is 3.47. The number of benzene rings is 2. The van der Waals surface area contributed by atoms with Crippen LogP contribution in [0.3, 0.4) is 0 Å². The molecule has 0 aliphatic carbocycles. The van der Waals surface area contributed by atoms with Gasteiger partial charge in [0.2, 0.25) is 20.0 Å². The molecular weight excluding hydrogens is 545 g/mol. The smallest absolute Gasteiger partial charge is 0.330 e. The third-order valence-corrected chi connectivity index (χ3v) is 8.95. The number of urea groups is 1. The molecule has 1 unspecified atom stereocenters. The van der Waals surface area contributed by atoms with Crippen molar-refractivity contribution in [3.05, 3.63) is 71.6 Å². The molecule has 208 valence electrons. The van der Waals surface area contributed by atoms with Gasteiger partial charge in [-0.3, -0.25) is 4.90 Å². The highest BCUT2D eigenvalue weighted by Gasteiger charge is 2.33. The highest BCUT2D eigenvalue weighted by atomic mass is 32.2. The van der Waals surface area contributed by atoms with Crippen molar-refractivity contribution in [2.75, 3.05) is 38.6 Å². The van der Waals surface area contributed by atoms with E-state index in [4.69, 9.17) is 0 Å². The van der Waals surface area contributed by atoms with Crippen LogP contribution in [0.1, 0.15) is 17.5 Å². The Morgan fingerprint density at radius 1 is 1.08 bits per heavy atom. The zero-order chi connectivity index (χ0) is 28.3. The molecule has 3 rings (SSSR count). The van der Waals surface area contributed by atoms with Gasteiger partial charge in [0.05, 0.1) is 17.0 Å². The molecule has 0 radical (unpaired) electrons. The summed E-state index contributed by atoms with van der Waals surface area (Å²) in [5, 5.41) is 0.792. The number of nitrogens with one attached hydrogen (secondary N) is 1. The van der Waals surface area contributed by atoms with Crippen molar-refractivity contribution in [1.29, 1.82) is 0 Å². The molecule has 1 saturated heterocycles. The van der Waals surface area contributed by atoms with Crippen LogP contribution in [-0.4, -0.2) is 65.8 Å². The van der Waals surface area contributed by atoms with E-state index < -0.39 is 37.8 Å². The molecule has 0 bridgehead atoms. The Balaban J connectivity index is 1.77. The summed E-state index contributed by atoms with van der Waals surface area (Å²) in [6.45, 7) is 3.65. The van der Waals surface area contributed by atoms with Gasteiger partial charge in [0.25, 0.3) is 0 Å². The number of carbonyl (C=O) groups is 1. The van der Waals surface area contributed by atoms with Crippen LogP contribution in [0.4, 0.5) is 23.7 Å². The molecule has 1 N–H and O–H groups in total. The molecule has 0 aromatic heterocycles. The van der Waals surface area contributed by atoms with E-state index in [1.54, 1.807) is 0 Å². The second-order valence-electron chi connectivity index (χ2n) is 9.03. The van der Waals surface area contributed by atoms with Crippen LogP contribution in [0, 0.1) is 5.92 Å². The van der Waals surface area contributed by atoms with E-state index in [-0.39, 0.29) is 37.0 Å². The summed E-state index contributed by atoms with van der Waals surface area (Å²) in [5.41, 5.74) is 0.0179. The van der Waals surface area contributed by atoms with Crippen LogP contribution < -0.4 is 9.62 Å². The minimum Gasteiger partial charge on any atom is -0.330 e. The number of hydrogen-bond acceptors (Lipinski definition) is 5. The Morgan fingerprint density at radius 3 is 2.21 bits per heavy atom.